The number of carbonyl (C=O) groups is 2. The molecule has 0 N–H and O–H groups in total. The van der Waals surface area contributed by atoms with Crippen molar-refractivity contribution in [1.29, 1.82) is 0 Å². The first kappa shape index (κ1) is 16.5. The monoisotopic (exact) mass is 312 g/mol. The van der Waals surface area contributed by atoms with Crippen LogP contribution < -0.4 is 0 Å². The van der Waals surface area contributed by atoms with Crippen molar-refractivity contribution in [3.05, 3.63) is 23.7 Å². The molecule has 0 aliphatic carbocycles. The van der Waals surface area contributed by atoms with Crippen molar-refractivity contribution in [2.24, 2.45) is 0 Å². The summed E-state index contributed by atoms with van der Waals surface area (Å²) in [6, 6.07) is 1.55. The minimum atomic E-state index is -0.697. The average molecular weight is 312 g/mol. The first-order valence-corrected chi connectivity index (χ1v) is 7.16. The Morgan fingerprint density at radius 1 is 1.45 bits per heavy atom. The van der Waals surface area contributed by atoms with Gasteiger partial charge in [0, 0.05) is 12.2 Å². The van der Waals surface area contributed by atoms with E-state index in [9.17, 15) is 9.59 Å². The van der Waals surface area contributed by atoms with Crippen LogP contribution in [0.25, 0.3) is 0 Å². The number of rotatable bonds is 7. The lowest BCUT2D eigenvalue weighted by molar-refractivity contribution is -0.159. The van der Waals surface area contributed by atoms with E-state index in [0.29, 0.717) is 12.2 Å². The van der Waals surface area contributed by atoms with E-state index in [1.54, 1.807) is 13.0 Å². The van der Waals surface area contributed by atoms with Gasteiger partial charge in [0.15, 0.2) is 6.10 Å². The van der Waals surface area contributed by atoms with Crippen LogP contribution in [0.5, 0.6) is 0 Å². The third-order valence-corrected chi connectivity index (χ3v) is 3.38. The lowest BCUT2D eigenvalue weighted by Gasteiger charge is -2.15. The van der Waals surface area contributed by atoms with Crippen molar-refractivity contribution >= 4 is 11.9 Å². The average Bonchev–Trinajstić information content (AvgIpc) is 3.20. The largest absolute Gasteiger partial charge is 0.463 e. The molecule has 1 aliphatic heterocycles. The summed E-state index contributed by atoms with van der Waals surface area (Å²) in [6.07, 6.45) is 2.66. The van der Waals surface area contributed by atoms with Crippen molar-refractivity contribution in [3.63, 3.8) is 0 Å². The molecule has 0 spiro atoms. The Labute approximate surface area is 128 Å². The number of hydrogen-bond donors (Lipinski definition) is 0. The van der Waals surface area contributed by atoms with Crippen LogP contribution in [-0.4, -0.2) is 44.5 Å². The molecule has 0 aromatic carbocycles. The first-order valence-electron chi connectivity index (χ1n) is 7.16. The maximum Gasteiger partial charge on any atom is 0.374 e. The fourth-order valence-corrected chi connectivity index (χ4v) is 2.08. The SMILES string of the molecule is COC(=O)c1occc1COC(=O)C(C)OCC1CCCO1. The summed E-state index contributed by atoms with van der Waals surface area (Å²) in [4.78, 5) is 23.3. The van der Waals surface area contributed by atoms with E-state index < -0.39 is 18.0 Å². The maximum atomic E-state index is 11.9. The Morgan fingerprint density at radius 3 is 2.95 bits per heavy atom. The highest BCUT2D eigenvalue weighted by molar-refractivity contribution is 5.87. The number of esters is 2. The summed E-state index contributed by atoms with van der Waals surface area (Å²) in [5.74, 6) is -1.09. The highest BCUT2D eigenvalue weighted by Crippen LogP contribution is 2.15. The number of hydrogen-bond acceptors (Lipinski definition) is 7. The van der Waals surface area contributed by atoms with Gasteiger partial charge in [0.1, 0.15) is 6.61 Å². The van der Waals surface area contributed by atoms with Crippen LogP contribution in [0.3, 0.4) is 0 Å². The Bertz CT molecular complexity index is 502. The molecule has 1 aliphatic rings. The van der Waals surface area contributed by atoms with Gasteiger partial charge in [-0.3, -0.25) is 0 Å². The van der Waals surface area contributed by atoms with Gasteiger partial charge in [0.05, 0.1) is 26.1 Å². The molecule has 2 unspecified atom stereocenters. The van der Waals surface area contributed by atoms with Crippen molar-refractivity contribution in [1.82, 2.24) is 0 Å². The molecular weight excluding hydrogens is 292 g/mol. The van der Waals surface area contributed by atoms with E-state index in [1.165, 1.54) is 13.4 Å². The summed E-state index contributed by atoms with van der Waals surface area (Å²) in [6.45, 7) is 2.65. The molecule has 0 bridgehead atoms. The van der Waals surface area contributed by atoms with Crippen LogP contribution >= 0.6 is 0 Å². The molecule has 0 amide bonds. The molecule has 7 heteroatoms. The zero-order valence-corrected chi connectivity index (χ0v) is 12.7. The van der Waals surface area contributed by atoms with Gasteiger partial charge in [-0.15, -0.1) is 0 Å². The molecule has 1 saturated heterocycles. The second-order valence-electron chi connectivity index (χ2n) is 4.98. The van der Waals surface area contributed by atoms with Crippen LogP contribution in [0, 0.1) is 0 Å². The Kier molecular flexibility index (Phi) is 5.97. The molecule has 0 radical (unpaired) electrons. The normalized spacial score (nSPS) is 18.9. The quantitative estimate of drug-likeness (QED) is 0.708. The lowest BCUT2D eigenvalue weighted by atomic mass is 10.2. The molecule has 1 fully saturated rings. The van der Waals surface area contributed by atoms with E-state index in [1.807, 2.05) is 0 Å². The smallest absolute Gasteiger partial charge is 0.374 e. The van der Waals surface area contributed by atoms with E-state index in [2.05, 4.69) is 4.74 Å². The minimum absolute atomic E-state index is 0.0308. The molecule has 2 rings (SSSR count). The van der Waals surface area contributed by atoms with Crippen LogP contribution in [0.1, 0.15) is 35.9 Å². The van der Waals surface area contributed by atoms with Crippen molar-refractivity contribution < 1.29 is 33.0 Å². The Balaban J connectivity index is 1.76. The Morgan fingerprint density at radius 2 is 2.27 bits per heavy atom. The van der Waals surface area contributed by atoms with Crippen LogP contribution in [0.2, 0.25) is 0 Å². The molecule has 2 atom stereocenters. The maximum absolute atomic E-state index is 11.9. The van der Waals surface area contributed by atoms with E-state index >= 15 is 0 Å². The van der Waals surface area contributed by atoms with Gasteiger partial charge >= 0.3 is 11.9 Å². The molecule has 7 nitrogen and oxygen atoms in total. The third-order valence-electron chi connectivity index (χ3n) is 3.38. The van der Waals surface area contributed by atoms with E-state index in [0.717, 1.165) is 19.4 Å². The van der Waals surface area contributed by atoms with E-state index in [-0.39, 0.29) is 18.5 Å². The number of furan rings is 1. The second kappa shape index (κ2) is 7.95. The van der Waals surface area contributed by atoms with Gasteiger partial charge in [-0.05, 0) is 25.8 Å². The zero-order valence-electron chi connectivity index (χ0n) is 12.7. The predicted octanol–water partition coefficient (Wildman–Crippen LogP) is 1.69. The Hall–Kier alpha value is -1.86. The minimum Gasteiger partial charge on any atom is -0.463 e. The summed E-state index contributed by atoms with van der Waals surface area (Å²) in [5.41, 5.74) is 0.450. The molecule has 22 heavy (non-hydrogen) atoms. The third kappa shape index (κ3) is 4.32. The van der Waals surface area contributed by atoms with Gasteiger partial charge in [-0.2, -0.15) is 0 Å². The summed E-state index contributed by atoms with van der Waals surface area (Å²) < 4.78 is 25.6. The number of carbonyl (C=O) groups excluding carboxylic acids is 2. The summed E-state index contributed by atoms with van der Waals surface area (Å²) >= 11 is 0. The predicted molar refractivity (Wildman–Crippen MR) is 74.2 cm³/mol. The van der Waals surface area contributed by atoms with Crippen molar-refractivity contribution in [2.75, 3.05) is 20.3 Å². The molecular formula is C15H20O7. The molecule has 122 valence electrons. The highest BCUT2D eigenvalue weighted by Gasteiger charge is 2.22. The fourth-order valence-electron chi connectivity index (χ4n) is 2.08. The van der Waals surface area contributed by atoms with Gasteiger partial charge in [0.25, 0.3) is 0 Å². The van der Waals surface area contributed by atoms with Gasteiger partial charge in [0.2, 0.25) is 5.76 Å². The van der Waals surface area contributed by atoms with E-state index in [4.69, 9.17) is 18.6 Å². The second-order valence-corrected chi connectivity index (χ2v) is 4.98. The van der Waals surface area contributed by atoms with Crippen LogP contribution in [0.15, 0.2) is 16.7 Å². The van der Waals surface area contributed by atoms with Gasteiger partial charge in [-0.1, -0.05) is 0 Å². The summed E-state index contributed by atoms with van der Waals surface area (Å²) in [7, 11) is 1.25. The van der Waals surface area contributed by atoms with Crippen LogP contribution in [0.4, 0.5) is 0 Å². The van der Waals surface area contributed by atoms with Crippen LogP contribution in [-0.2, 0) is 30.3 Å². The van der Waals surface area contributed by atoms with Gasteiger partial charge < -0.3 is 23.4 Å². The molecule has 1 aromatic rings. The summed E-state index contributed by atoms with van der Waals surface area (Å²) in [5, 5.41) is 0. The fraction of sp³-hybridized carbons (Fsp3) is 0.600. The first-order chi connectivity index (χ1) is 10.6. The zero-order chi connectivity index (χ0) is 15.9. The lowest BCUT2D eigenvalue weighted by Crippen LogP contribution is -2.27. The molecule has 1 aromatic heterocycles. The standard InChI is InChI=1S/C15H20O7/c1-10(21-9-12-4-3-6-19-12)14(16)22-8-11-5-7-20-13(11)15(17)18-2/h5,7,10,12H,3-4,6,8-9H2,1-2H3. The van der Waals surface area contributed by atoms with Crippen molar-refractivity contribution in [3.8, 4) is 0 Å². The van der Waals surface area contributed by atoms with Crippen molar-refractivity contribution in [2.45, 2.75) is 38.6 Å². The topological polar surface area (TPSA) is 84.2 Å². The molecule has 2 heterocycles. The van der Waals surface area contributed by atoms with Gasteiger partial charge in [-0.25, -0.2) is 9.59 Å². The molecule has 0 saturated carbocycles. The number of ether oxygens (including phenoxy) is 4. The number of methoxy groups -OCH3 is 1. The highest BCUT2D eigenvalue weighted by atomic mass is 16.6.